The van der Waals surface area contributed by atoms with Crippen molar-refractivity contribution in [2.45, 2.75) is 61.8 Å². The molecule has 1 aromatic heterocycles. The molecule has 5 rings (SSSR count). The van der Waals surface area contributed by atoms with Gasteiger partial charge in [-0.1, -0.05) is 6.07 Å². The maximum Gasteiger partial charge on any atom is 0.393 e. The molecule has 1 fully saturated rings. The number of fused-ring (bicyclic) bond motifs is 2. The molecule has 0 saturated heterocycles. The summed E-state index contributed by atoms with van der Waals surface area (Å²) in [5, 5.41) is 13.5. The summed E-state index contributed by atoms with van der Waals surface area (Å²) in [7, 11) is 2.00. The van der Waals surface area contributed by atoms with Crippen molar-refractivity contribution in [3.05, 3.63) is 46.5 Å². The molecule has 1 aromatic carbocycles. The average molecular weight is 487 g/mol. The van der Waals surface area contributed by atoms with E-state index in [-0.39, 0.29) is 17.3 Å². The van der Waals surface area contributed by atoms with Crippen molar-refractivity contribution >= 4 is 34.8 Å². The number of aromatic amines is 1. The third kappa shape index (κ3) is 4.86. The third-order valence-corrected chi connectivity index (χ3v) is 8.04. The molecular formula is C24H25F3N6S. The predicted octanol–water partition coefficient (Wildman–Crippen LogP) is 4.74. The molecule has 0 amide bonds. The zero-order valence-corrected chi connectivity index (χ0v) is 19.5. The first kappa shape index (κ1) is 23.0. The Kier molecular flexibility index (Phi) is 6.16. The second-order valence-corrected chi connectivity index (χ2v) is 10.3. The Labute approximate surface area is 200 Å². The number of allylic oxidation sites excluding steroid dienone is 1. The topological polar surface area (TPSA) is 79.6 Å². The average Bonchev–Trinajstić information content (AvgIpc) is 3.52. The highest BCUT2D eigenvalue weighted by Crippen LogP contribution is 2.42. The van der Waals surface area contributed by atoms with Gasteiger partial charge in [0.25, 0.3) is 0 Å². The summed E-state index contributed by atoms with van der Waals surface area (Å²) < 4.78 is 38.6. The zero-order valence-electron chi connectivity index (χ0n) is 18.6. The lowest BCUT2D eigenvalue weighted by atomic mass is 10.1. The number of aliphatic imine (C=N–C) groups is 2. The minimum Gasteiger partial charge on any atom is -0.359 e. The van der Waals surface area contributed by atoms with Crippen LogP contribution in [0.4, 0.5) is 13.2 Å². The van der Waals surface area contributed by atoms with Crippen molar-refractivity contribution < 1.29 is 13.2 Å². The van der Waals surface area contributed by atoms with E-state index in [2.05, 4.69) is 43.4 Å². The van der Waals surface area contributed by atoms with E-state index < -0.39 is 12.6 Å². The number of benzene rings is 1. The summed E-state index contributed by atoms with van der Waals surface area (Å²) in [4.78, 5) is 14.3. The summed E-state index contributed by atoms with van der Waals surface area (Å²) in [6.45, 7) is 0.739. The number of halogens is 3. The summed E-state index contributed by atoms with van der Waals surface area (Å²) in [6.07, 6.45) is 0.981. The molecule has 4 unspecified atom stereocenters. The molecule has 0 radical (unpaired) electrons. The molecule has 1 aliphatic carbocycles. The van der Waals surface area contributed by atoms with Gasteiger partial charge in [0.1, 0.15) is 23.9 Å². The summed E-state index contributed by atoms with van der Waals surface area (Å²) in [5.74, 6) is 0.815. The van der Waals surface area contributed by atoms with Gasteiger partial charge >= 0.3 is 6.18 Å². The van der Waals surface area contributed by atoms with Crippen molar-refractivity contribution in [1.29, 1.82) is 5.26 Å². The van der Waals surface area contributed by atoms with E-state index >= 15 is 0 Å². The van der Waals surface area contributed by atoms with Gasteiger partial charge in [0.05, 0.1) is 17.7 Å². The first-order valence-corrected chi connectivity index (χ1v) is 12.2. The number of amidine groups is 1. The molecule has 10 heteroatoms. The van der Waals surface area contributed by atoms with Crippen LogP contribution in [-0.4, -0.2) is 58.7 Å². The quantitative estimate of drug-likeness (QED) is 0.640. The minimum atomic E-state index is -4.22. The number of H-pyrrole nitrogens is 1. The van der Waals surface area contributed by atoms with Crippen LogP contribution in [-0.2, 0) is 6.54 Å². The van der Waals surface area contributed by atoms with Crippen molar-refractivity contribution in [2.75, 3.05) is 7.05 Å². The van der Waals surface area contributed by atoms with E-state index in [1.54, 1.807) is 6.08 Å². The number of alkyl halides is 3. The van der Waals surface area contributed by atoms with Crippen molar-refractivity contribution in [3.8, 4) is 6.07 Å². The molecular weight excluding hydrogens is 461 g/mol. The molecule has 2 aromatic rings. The van der Waals surface area contributed by atoms with Gasteiger partial charge in [0, 0.05) is 36.6 Å². The Hall–Kier alpha value is -2.77. The van der Waals surface area contributed by atoms with Crippen LogP contribution in [0.2, 0.25) is 0 Å². The Morgan fingerprint density at radius 1 is 1.29 bits per heavy atom. The van der Waals surface area contributed by atoms with Gasteiger partial charge in [-0.15, -0.1) is 11.8 Å². The fourth-order valence-corrected chi connectivity index (χ4v) is 6.42. The van der Waals surface area contributed by atoms with Crippen LogP contribution in [0.3, 0.4) is 0 Å². The smallest absolute Gasteiger partial charge is 0.359 e. The molecule has 4 atom stereocenters. The van der Waals surface area contributed by atoms with Crippen LogP contribution in [0.5, 0.6) is 0 Å². The van der Waals surface area contributed by atoms with E-state index in [0.29, 0.717) is 16.6 Å². The van der Waals surface area contributed by atoms with Crippen LogP contribution in [0.1, 0.15) is 36.9 Å². The Bertz CT molecular complexity index is 1210. The number of nitriles is 1. The van der Waals surface area contributed by atoms with Gasteiger partial charge in [0.2, 0.25) is 0 Å². The standard InChI is InChI=1S/C24H25F3N6S/c1-33(23-22-21(30-13-31-23)9-19(34-22)10-24(25,26)27)18-4-3-16(8-18)29-12-14-2-5-20-15(6-14)7-17(11-28)32-20/h2,5-7,9,13,16,18,21-22,29,32H,3-4,8,10,12H2,1H3. The van der Waals surface area contributed by atoms with Crippen molar-refractivity contribution in [1.82, 2.24) is 15.2 Å². The van der Waals surface area contributed by atoms with E-state index in [1.165, 1.54) is 18.1 Å². The van der Waals surface area contributed by atoms with Crippen LogP contribution < -0.4 is 5.32 Å². The first-order valence-electron chi connectivity index (χ1n) is 11.3. The van der Waals surface area contributed by atoms with E-state index in [4.69, 9.17) is 5.26 Å². The van der Waals surface area contributed by atoms with Crippen molar-refractivity contribution in [2.24, 2.45) is 9.98 Å². The van der Waals surface area contributed by atoms with E-state index in [1.807, 2.05) is 19.2 Å². The highest BCUT2D eigenvalue weighted by atomic mass is 32.2. The fraction of sp³-hybridized carbons (Fsp3) is 0.458. The maximum atomic E-state index is 12.9. The number of hydrogen-bond acceptors (Lipinski definition) is 6. The molecule has 6 nitrogen and oxygen atoms in total. The Balaban J connectivity index is 1.17. The van der Waals surface area contributed by atoms with E-state index in [9.17, 15) is 13.2 Å². The SMILES string of the molecule is CN(C1=NC=NC2C=C(CC(F)(F)F)SC12)C1CCC(NCc2ccc3[nH]c(C#N)cc3c2)C1. The molecule has 3 aliphatic rings. The first-order chi connectivity index (χ1) is 16.3. The number of rotatable bonds is 5. The second kappa shape index (κ2) is 9.12. The third-order valence-electron chi connectivity index (χ3n) is 6.72. The van der Waals surface area contributed by atoms with Gasteiger partial charge in [-0.2, -0.15) is 18.4 Å². The molecule has 3 heterocycles. The largest absolute Gasteiger partial charge is 0.393 e. The lowest BCUT2D eigenvalue weighted by Gasteiger charge is -2.33. The normalized spacial score (nSPS) is 26.3. The zero-order chi connectivity index (χ0) is 23.9. The van der Waals surface area contributed by atoms with Crippen molar-refractivity contribution in [3.63, 3.8) is 0 Å². The summed E-state index contributed by atoms with van der Waals surface area (Å²) in [6, 6.07) is 10.5. The van der Waals surface area contributed by atoms with Gasteiger partial charge in [-0.05, 0) is 54.0 Å². The fourth-order valence-electron chi connectivity index (χ4n) is 5.01. The molecule has 2 N–H and O–H groups in total. The Morgan fingerprint density at radius 2 is 2.15 bits per heavy atom. The van der Waals surface area contributed by atoms with Gasteiger partial charge in [0.15, 0.2) is 0 Å². The monoisotopic (exact) mass is 486 g/mol. The summed E-state index contributed by atoms with van der Waals surface area (Å²) >= 11 is 1.25. The number of aromatic nitrogens is 1. The maximum absolute atomic E-state index is 12.9. The molecule has 1 saturated carbocycles. The minimum absolute atomic E-state index is 0.189. The molecule has 2 aliphatic heterocycles. The van der Waals surface area contributed by atoms with Gasteiger partial charge in [-0.3, -0.25) is 4.99 Å². The summed E-state index contributed by atoms with van der Waals surface area (Å²) in [5.41, 5.74) is 2.67. The van der Waals surface area contributed by atoms with Crippen LogP contribution in [0.15, 0.2) is 45.2 Å². The van der Waals surface area contributed by atoms with E-state index in [0.717, 1.165) is 48.1 Å². The molecule has 0 bridgehead atoms. The number of nitrogens with zero attached hydrogens (tertiary/aromatic N) is 4. The van der Waals surface area contributed by atoms with Crippen LogP contribution >= 0.6 is 11.8 Å². The number of hydrogen-bond donors (Lipinski definition) is 2. The van der Waals surface area contributed by atoms with Crippen LogP contribution in [0, 0.1) is 11.3 Å². The lowest BCUT2D eigenvalue weighted by molar-refractivity contribution is -0.125. The molecule has 34 heavy (non-hydrogen) atoms. The molecule has 0 spiro atoms. The Morgan fingerprint density at radius 3 is 2.94 bits per heavy atom. The molecule has 178 valence electrons. The predicted molar refractivity (Wildman–Crippen MR) is 129 cm³/mol. The van der Waals surface area contributed by atoms with Gasteiger partial charge in [-0.25, -0.2) is 4.99 Å². The lowest BCUT2D eigenvalue weighted by Crippen LogP contribution is -2.45. The number of thioether (sulfide) groups is 1. The number of nitrogens with one attached hydrogen (secondary N) is 2. The highest BCUT2D eigenvalue weighted by molar-refractivity contribution is 8.04. The van der Waals surface area contributed by atoms with Gasteiger partial charge < -0.3 is 15.2 Å². The second-order valence-electron chi connectivity index (χ2n) is 9.08. The van der Waals surface area contributed by atoms with Crippen LogP contribution in [0.25, 0.3) is 10.9 Å². The highest BCUT2D eigenvalue weighted by Gasteiger charge is 2.41.